The third-order valence-electron chi connectivity index (χ3n) is 4.89. The highest BCUT2D eigenvalue weighted by Gasteiger charge is 2.52. The standard InChI is InChI=1S/C19H21NO3S/c1-13-9-11-16(12-10-13)24(22,23)20(3)18-17(14(2)19(18)21)15-7-5-4-6-8-15/h4-12,14,17-18H,1-3H3/t14-,17+,18+/m1/s1. The molecule has 126 valence electrons. The highest BCUT2D eigenvalue weighted by atomic mass is 32.2. The summed E-state index contributed by atoms with van der Waals surface area (Å²) >= 11 is 0. The summed E-state index contributed by atoms with van der Waals surface area (Å²) < 4.78 is 27.0. The average molecular weight is 343 g/mol. The van der Waals surface area contributed by atoms with Crippen LogP contribution in [0, 0.1) is 12.8 Å². The van der Waals surface area contributed by atoms with Crippen LogP contribution in [0.25, 0.3) is 0 Å². The fraction of sp³-hybridized carbons (Fsp3) is 0.316. The maximum absolute atomic E-state index is 12.9. The normalized spacial score (nSPS) is 24.0. The zero-order valence-corrected chi connectivity index (χ0v) is 14.8. The largest absolute Gasteiger partial charge is 0.298 e. The van der Waals surface area contributed by atoms with Gasteiger partial charge in [0.1, 0.15) is 0 Å². The van der Waals surface area contributed by atoms with Crippen LogP contribution in [0.2, 0.25) is 0 Å². The Hall–Kier alpha value is -1.98. The molecule has 1 aliphatic carbocycles. The van der Waals surface area contributed by atoms with Crippen LogP contribution < -0.4 is 0 Å². The maximum Gasteiger partial charge on any atom is 0.243 e. The zero-order chi connectivity index (χ0) is 17.5. The highest BCUT2D eigenvalue weighted by molar-refractivity contribution is 7.89. The Balaban J connectivity index is 1.94. The molecule has 0 bridgehead atoms. The van der Waals surface area contributed by atoms with Crippen LogP contribution in [0.15, 0.2) is 59.5 Å². The number of Topliss-reactive ketones (excluding diaryl/α,β-unsaturated/α-hetero) is 1. The first-order valence-corrected chi connectivity index (χ1v) is 9.41. The van der Waals surface area contributed by atoms with Gasteiger partial charge < -0.3 is 0 Å². The minimum absolute atomic E-state index is 0.0259. The van der Waals surface area contributed by atoms with Crippen molar-refractivity contribution in [2.45, 2.75) is 30.7 Å². The van der Waals surface area contributed by atoms with Crippen LogP contribution in [0.1, 0.15) is 24.0 Å². The maximum atomic E-state index is 12.9. The summed E-state index contributed by atoms with van der Waals surface area (Å²) in [5, 5.41) is 0. The van der Waals surface area contributed by atoms with Gasteiger partial charge in [0.15, 0.2) is 5.78 Å². The topological polar surface area (TPSA) is 54.5 Å². The van der Waals surface area contributed by atoms with Crippen molar-refractivity contribution in [1.29, 1.82) is 0 Å². The van der Waals surface area contributed by atoms with E-state index < -0.39 is 16.1 Å². The number of aryl methyl sites for hydroxylation is 1. The Labute approximate surface area is 143 Å². The van der Waals surface area contributed by atoms with Crippen LogP contribution in [-0.4, -0.2) is 31.6 Å². The van der Waals surface area contributed by atoms with E-state index in [2.05, 4.69) is 0 Å². The van der Waals surface area contributed by atoms with Gasteiger partial charge in [0.25, 0.3) is 0 Å². The van der Waals surface area contributed by atoms with E-state index >= 15 is 0 Å². The Morgan fingerprint density at radius 2 is 1.54 bits per heavy atom. The van der Waals surface area contributed by atoms with E-state index in [1.54, 1.807) is 24.3 Å². The number of benzene rings is 2. The molecule has 0 heterocycles. The number of rotatable bonds is 4. The SMILES string of the molecule is Cc1ccc(S(=O)(=O)N(C)[C@@H]2C(=O)[C@H](C)[C@H]2c2ccccc2)cc1. The van der Waals surface area contributed by atoms with Crippen molar-refractivity contribution >= 4 is 15.8 Å². The molecule has 1 aliphatic rings. The zero-order valence-electron chi connectivity index (χ0n) is 14.0. The lowest BCUT2D eigenvalue weighted by molar-refractivity contribution is -0.136. The third kappa shape index (κ3) is 2.68. The molecule has 2 aromatic rings. The second-order valence-corrected chi connectivity index (χ2v) is 8.40. The van der Waals surface area contributed by atoms with Gasteiger partial charge in [0.2, 0.25) is 10.0 Å². The Kier molecular flexibility index (Phi) is 4.32. The van der Waals surface area contributed by atoms with Crippen LogP contribution in [-0.2, 0) is 14.8 Å². The summed E-state index contributed by atoms with van der Waals surface area (Å²) in [6.07, 6.45) is 0. The molecule has 0 spiro atoms. The molecule has 5 heteroatoms. The lowest BCUT2D eigenvalue weighted by Gasteiger charge is -2.45. The smallest absolute Gasteiger partial charge is 0.243 e. The third-order valence-corrected chi connectivity index (χ3v) is 6.75. The first-order valence-electron chi connectivity index (χ1n) is 7.97. The van der Waals surface area contributed by atoms with Gasteiger partial charge in [-0.2, -0.15) is 4.31 Å². The molecule has 3 rings (SSSR count). The van der Waals surface area contributed by atoms with E-state index in [-0.39, 0.29) is 22.5 Å². The van der Waals surface area contributed by atoms with Crippen LogP contribution >= 0.6 is 0 Å². The molecule has 4 nitrogen and oxygen atoms in total. The quantitative estimate of drug-likeness (QED) is 0.857. The summed E-state index contributed by atoms with van der Waals surface area (Å²) in [5.74, 6) is -0.306. The lowest BCUT2D eigenvalue weighted by atomic mass is 9.66. The van der Waals surface area contributed by atoms with Gasteiger partial charge in [0, 0.05) is 18.9 Å². The molecular weight excluding hydrogens is 322 g/mol. The molecule has 0 radical (unpaired) electrons. The second-order valence-electron chi connectivity index (χ2n) is 6.41. The fourth-order valence-electron chi connectivity index (χ4n) is 3.36. The number of nitrogens with zero attached hydrogens (tertiary/aromatic N) is 1. The molecule has 2 aromatic carbocycles. The summed E-state index contributed by atoms with van der Waals surface area (Å²) in [6, 6.07) is 15.7. The van der Waals surface area contributed by atoms with E-state index in [0.717, 1.165) is 11.1 Å². The van der Waals surface area contributed by atoms with Gasteiger partial charge in [-0.1, -0.05) is 55.0 Å². The molecule has 0 unspecified atom stereocenters. The first kappa shape index (κ1) is 16.9. The minimum atomic E-state index is -3.70. The number of carbonyl (C=O) groups excluding carboxylic acids is 1. The number of hydrogen-bond donors (Lipinski definition) is 0. The summed E-state index contributed by atoms with van der Waals surface area (Å²) in [4.78, 5) is 12.6. The van der Waals surface area contributed by atoms with E-state index in [1.165, 1.54) is 11.4 Å². The van der Waals surface area contributed by atoms with E-state index in [9.17, 15) is 13.2 Å². The summed E-state index contributed by atoms with van der Waals surface area (Å²) in [5.41, 5.74) is 1.99. The average Bonchev–Trinajstić information content (AvgIpc) is 2.59. The van der Waals surface area contributed by atoms with Gasteiger partial charge >= 0.3 is 0 Å². The predicted molar refractivity (Wildman–Crippen MR) is 93.3 cm³/mol. The molecule has 0 amide bonds. The van der Waals surface area contributed by atoms with Gasteiger partial charge in [-0.15, -0.1) is 0 Å². The van der Waals surface area contributed by atoms with E-state index in [0.29, 0.717) is 0 Å². The van der Waals surface area contributed by atoms with E-state index in [4.69, 9.17) is 0 Å². The highest BCUT2D eigenvalue weighted by Crippen LogP contribution is 2.43. The summed E-state index contributed by atoms with van der Waals surface area (Å²) in [7, 11) is -2.20. The Morgan fingerprint density at radius 1 is 0.958 bits per heavy atom. The van der Waals surface area contributed by atoms with Crippen LogP contribution in [0.3, 0.4) is 0 Å². The van der Waals surface area contributed by atoms with Gasteiger partial charge in [-0.25, -0.2) is 8.42 Å². The fourth-order valence-corrected chi connectivity index (χ4v) is 4.70. The number of hydrogen-bond acceptors (Lipinski definition) is 3. The molecule has 0 aliphatic heterocycles. The molecule has 0 aromatic heterocycles. The minimum Gasteiger partial charge on any atom is -0.298 e. The molecule has 1 saturated carbocycles. The predicted octanol–water partition coefficient (Wildman–Crippen LogP) is 2.99. The van der Waals surface area contributed by atoms with Gasteiger partial charge in [-0.05, 0) is 24.6 Å². The van der Waals surface area contributed by atoms with Crippen molar-refractivity contribution in [2.75, 3.05) is 7.05 Å². The molecule has 3 atom stereocenters. The monoisotopic (exact) mass is 343 g/mol. The van der Waals surface area contributed by atoms with Gasteiger partial charge in [-0.3, -0.25) is 4.79 Å². The van der Waals surface area contributed by atoms with Crippen molar-refractivity contribution in [3.05, 3.63) is 65.7 Å². The molecule has 0 saturated heterocycles. The van der Waals surface area contributed by atoms with Crippen molar-refractivity contribution < 1.29 is 13.2 Å². The number of sulfonamides is 1. The number of ketones is 1. The van der Waals surface area contributed by atoms with Crippen molar-refractivity contribution in [3.8, 4) is 0 Å². The van der Waals surface area contributed by atoms with Crippen LogP contribution in [0.5, 0.6) is 0 Å². The molecule has 24 heavy (non-hydrogen) atoms. The van der Waals surface area contributed by atoms with Gasteiger partial charge in [0.05, 0.1) is 10.9 Å². The van der Waals surface area contributed by atoms with Crippen molar-refractivity contribution in [2.24, 2.45) is 5.92 Å². The van der Waals surface area contributed by atoms with E-state index in [1.807, 2.05) is 44.2 Å². The number of likely N-dealkylation sites (N-methyl/N-ethyl adjacent to an activating group) is 1. The van der Waals surface area contributed by atoms with Crippen molar-refractivity contribution in [3.63, 3.8) is 0 Å². The lowest BCUT2D eigenvalue weighted by Crippen LogP contribution is -2.58. The Morgan fingerprint density at radius 3 is 2.12 bits per heavy atom. The second kappa shape index (κ2) is 6.15. The molecule has 0 N–H and O–H groups in total. The van der Waals surface area contributed by atoms with Crippen LogP contribution in [0.4, 0.5) is 0 Å². The molecular formula is C19H21NO3S. The first-order chi connectivity index (χ1) is 11.3. The van der Waals surface area contributed by atoms with Crippen molar-refractivity contribution in [1.82, 2.24) is 4.31 Å². The number of carbonyl (C=O) groups is 1. The summed E-state index contributed by atoms with van der Waals surface area (Å²) in [6.45, 7) is 3.77. The Bertz CT molecular complexity index is 844. The molecule has 1 fully saturated rings.